The summed E-state index contributed by atoms with van der Waals surface area (Å²) < 4.78 is 7.66. The van der Waals surface area contributed by atoms with E-state index in [1.807, 2.05) is 25.1 Å². The molecular weight excluding hydrogens is 510 g/mol. The molecule has 0 aliphatic carbocycles. The first-order valence-electron chi connectivity index (χ1n) is 12.8. The Kier molecular flexibility index (Phi) is 7.10. The van der Waals surface area contributed by atoms with Gasteiger partial charge in [-0.25, -0.2) is 0 Å². The topological polar surface area (TPSA) is 85.5 Å². The number of hydrogen-bond donors (Lipinski definition) is 1. The van der Waals surface area contributed by atoms with Crippen LogP contribution in [0.25, 0.3) is 5.69 Å². The van der Waals surface area contributed by atoms with Gasteiger partial charge in [0, 0.05) is 29.3 Å². The maximum Gasteiger partial charge on any atom is 0.273 e. The van der Waals surface area contributed by atoms with Crippen LogP contribution in [0.15, 0.2) is 72.9 Å². The van der Waals surface area contributed by atoms with Gasteiger partial charge in [-0.05, 0) is 79.5 Å². The zero-order valence-electron chi connectivity index (χ0n) is 22.6. The number of aromatic nitrogens is 2. The van der Waals surface area contributed by atoms with E-state index in [1.54, 1.807) is 12.3 Å². The zero-order chi connectivity index (χ0) is 27.8. The fourth-order valence-electron chi connectivity index (χ4n) is 5.39. The van der Waals surface area contributed by atoms with Gasteiger partial charge < -0.3 is 19.5 Å². The lowest BCUT2D eigenvalue weighted by Gasteiger charge is -2.28. The first kappa shape index (κ1) is 26.4. The smallest absolute Gasteiger partial charge is 0.273 e. The second kappa shape index (κ2) is 10.5. The molecule has 4 aromatic rings. The molecule has 9 heteroatoms. The number of rotatable bonds is 7. The lowest BCUT2D eigenvalue weighted by molar-refractivity contribution is -0.384. The minimum atomic E-state index is -0.419. The number of nitrogens with zero attached hydrogens (tertiary/aromatic N) is 4. The van der Waals surface area contributed by atoms with E-state index in [0.717, 1.165) is 34.0 Å². The number of pyridine rings is 1. The molecule has 1 aliphatic heterocycles. The van der Waals surface area contributed by atoms with Gasteiger partial charge in [0.05, 0.1) is 41.6 Å². The number of nitro benzene ring substituents is 1. The summed E-state index contributed by atoms with van der Waals surface area (Å²) >= 11 is 5.91. The number of ether oxygens (including phenoxy) is 1. The molecule has 0 amide bonds. The standard InChI is InChI=1S/C30H31N5O3S/c1-18(2)21-9-11-22(12-10-21)34-29(28(32-30(34)39)25-8-6-7-15-31-25)24-16-19(3)33(20(24)4)26-14-13-23(35(36)37)17-27(26)38-5/h6-18,28-29H,1-5H3,(H,32,39)/t28-,29+/m0/s1. The van der Waals surface area contributed by atoms with Crippen LogP contribution < -0.4 is 15.0 Å². The van der Waals surface area contributed by atoms with Crippen molar-refractivity contribution in [2.45, 2.75) is 45.7 Å². The number of benzene rings is 2. The van der Waals surface area contributed by atoms with E-state index in [0.29, 0.717) is 16.8 Å². The summed E-state index contributed by atoms with van der Waals surface area (Å²) in [5.41, 5.74) is 6.90. The van der Waals surface area contributed by atoms with Crippen molar-refractivity contribution < 1.29 is 9.66 Å². The van der Waals surface area contributed by atoms with Gasteiger partial charge in [0.25, 0.3) is 5.69 Å². The Bertz CT molecular complexity index is 1530. The van der Waals surface area contributed by atoms with Crippen molar-refractivity contribution in [2.75, 3.05) is 12.0 Å². The Morgan fingerprint density at radius 1 is 1.08 bits per heavy atom. The first-order valence-corrected chi connectivity index (χ1v) is 13.2. The minimum Gasteiger partial charge on any atom is -0.494 e. The second-order valence-corrected chi connectivity index (χ2v) is 10.4. The van der Waals surface area contributed by atoms with E-state index in [9.17, 15) is 10.1 Å². The highest BCUT2D eigenvalue weighted by atomic mass is 32.1. The van der Waals surface area contributed by atoms with Gasteiger partial charge >= 0.3 is 0 Å². The second-order valence-electron chi connectivity index (χ2n) is 10.0. The maximum atomic E-state index is 11.4. The van der Waals surface area contributed by atoms with Crippen LogP contribution in [0.1, 0.15) is 60.1 Å². The molecule has 2 aromatic heterocycles. The number of anilines is 1. The van der Waals surface area contributed by atoms with Crippen LogP contribution in [0, 0.1) is 24.0 Å². The highest BCUT2D eigenvalue weighted by Crippen LogP contribution is 2.44. The van der Waals surface area contributed by atoms with E-state index in [2.05, 4.69) is 70.9 Å². The Labute approximate surface area is 233 Å². The quantitative estimate of drug-likeness (QED) is 0.158. The van der Waals surface area contributed by atoms with Crippen molar-refractivity contribution in [3.05, 3.63) is 111 Å². The van der Waals surface area contributed by atoms with Crippen LogP contribution in [0.4, 0.5) is 11.4 Å². The third-order valence-electron chi connectivity index (χ3n) is 7.34. The van der Waals surface area contributed by atoms with E-state index >= 15 is 0 Å². The fraction of sp³-hybridized carbons (Fsp3) is 0.267. The zero-order valence-corrected chi connectivity index (χ0v) is 23.4. The molecule has 1 fully saturated rings. The van der Waals surface area contributed by atoms with Gasteiger partial charge in [-0.1, -0.05) is 32.0 Å². The monoisotopic (exact) mass is 541 g/mol. The summed E-state index contributed by atoms with van der Waals surface area (Å²) in [6, 6.07) is 20.9. The third kappa shape index (κ3) is 4.74. The van der Waals surface area contributed by atoms with Gasteiger partial charge in [0.15, 0.2) is 5.11 Å². The van der Waals surface area contributed by atoms with Gasteiger partial charge in [-0.15, -0.1) is 0 Å². The van der Waals surface area contributed by atoms with Gasteiger partial charge in [0.2, 0.25) is 0 Å². The first-order chi connectivity index (χ1) is 18.7. The SMILES string of the molecule is COc1cc([N+](=O)[O-])ccc1-n1c(C)cc([C@@H]2[C@H](c3ccccn3)NC(=S)N2c2ccc(C(C)C)cc2)c1C. The van der Waals surface area contributed by atoms with Crippen LogP contribution in [0.5, 0.6) is 5.75 Å². The lowest BCUT2D eigenvalue weighted by Crippen LogP contribution is -2.29. The molecular formula is C30H31N5O3S. The van der Waals surface area contributed by atoms with E-state index < -0.39 is 4.92 Å². The summed E-state index contributed by atoms with van der Waals surface area (Å²) in [4.78, 5) is 17.8. The van der Waals surface area contributed by atoms with Gasteiger partial charge in [-0.2, -0.15) is 0 Å². The Hall–Kier alpha value is -4.24. The van der Waals surface area contributed by atoms with Crippen molar-refractivity contribution in [1.29, 1.82) is 0 Å². The van der Waals surface area contributed by atoms with Crippen molar-refractivity contribution >= 4 is 28.7 Å². The van der Waals surface area contributed by atoms with Crippen molar-refractivity contribution in [1.82, 2.24) is 14.9 Å². The highest BCUT2D eigenvalue weighted by molar-refractivity contribution is 7.80. The summed E-state index contributed by atoms with van der Waals surface area (Å²) in [5.74, 6) is 0.857. The number of methoxy groups -OCH3 is 1. The number of nitro groups is 1. The van der Waals surface area contributed by atoms with Gasteiger partial charge in [-0.3, -0.25) is 15.1 Å². The summed E-state index contributed by atoms with van der Waals surface area (Å²) in [7, 11) is 1.52. The molecule has 0 radical (unpaired) electrons. The van der Waals surface area contributed by atoms with Gasteiger partial charge in [0.1, 0.15) is 5.75 Å². The number of aryl methyl sites for hydroxylation is 1. The van der Waals surface area contributed by atoms with Crippen LogP contribution in [0.2, 0.25) is 0 Å². The number of thiocarbonyl (C=S) groups is 1. The maximum absolute atomic E-state index is 11.4. The Morgan fingerprint density at radius 2 is 1.82 bits per heavy atom. The number of non-ortho nitro benzene ring substituents is 1. The number of hydrogen-bond acceptors (Lipinski definition) is 5. The normalized spacial score (nSPS) is 17.0. The average Bonchev–Trinajstić information content (AvgIpc) is 3.43. The predicted molar refractivity (Wildman–Crippen MR) is 157 cm³/mol. The molecule has 2 aromatic carbocycles. The molecule has 8 nitrogen and oxygen atoms in total. The molecule has 200 valence electrons. The minimum absolute atomic E-state index is 0.0186. The van der Waals surface area contributed by atoms with E-state index in [1.165, 1.54) is 24.8 Å². The predicted octanol–water partition coefficient (Wildman–Crippen LogP) is 6.71. The highest BCUT2D eigenvalue weighted by Gasteiger charge is 2.42. The molecule has 1 aliphatic rings. The molecule has 2 atom stereocenters. The van der Waals surface area contributed by atoms with Crippen LogP contribution in [-0.4, -0.2) is 26.7 Å². The average molecular weight is 542 g/mol. The lowest BCUT2D eigenvalue weighted by atomic mass is 9.96. The largest absolute Gasteiger partial charge is 0.494 e. The van der Waals surface area contributed by atoms with Crippen molar-refractivity contribution in [3.63, 3.8) is 0 Å². The van der Waals surface area contributed by atoms with Crippen LogP contribution in [-0.2, 0) is 0 Å². The molecule has 0 bridgehead atoms. The number of nitrogens with one attached hydrogen (secondary N) is 1. The van der Waals surface area contributed by atoms with Crippen molar-refractivity contribution in [3.8, 4) is 11.4 Å². The molecule has 3 heterocycles. The molecule has 5 rings (SSSR count). The van der Waals surface area contributed by atoms with E-state index in [-0.39, 0.29) is 17.8 Å². The van der Waals surface area contributed by atoms with Crippen LogP contribution >= 0.6 is 12.2 Å². The summed E-state index contributed by atoms with van der Waals surface area (Å²) in [5, 5.41) is 15.5. The molecule has 0 saturated carbocycles. The molecule has 1 saturated heterocycles. The fourth-order valence-corrected chi connectivity index (χ4v) is 5.74. The van der Waals surface area contributed by atoms with Crippen molar-refractivity contribution in [2.24, 2.45) is 0 Å². The molecule has 39 heavy (non-hydrogen) atoms. The Morgan fingerprint density at radius 3 is 2.44 bits per heavy atom. The molecule has 0 unspecified atom stereocenters. The van der Waals surface area contributed by atoms with E-state index in [4.69, 9.17) is 17.0 Å². The van der Waals surface area contributed by atoms with Crippen LogP contribution in [0.3, 0.4) is 0 Å². The molecule has 0 spiro atoms. The summed E-state index contributed by atoms with van der Waals surface area (Å²) in [6.45, 7) is 8.44. The molecule has 1 N–H and O–H groups in total. The third-order valence-corrected chi connectivity index (χ3v) is 7.65. The Balaban J connectivity index is 1.66. The summed E-state index contributed by atoms with van der Waals surface area (Å²) in [6.07, 6.45) is 1.79.